The third kappa shape index (κ3) is 3.07. The first-order chi connectivity index (χ1) is 12.8. The Balaban J connectivity index is 1.84. The topological polar surface area (TPSA) is 46.1 Å². The first-order valence-corrected chi connectivity index (χ1v) is 9.33. The van der Waals surface area contributed by atoms with E-state index in [0.29, 0.717) is 17.3 Å². The Morgan fingerprint density at radius 2 is 1.62 bits per heavy atom. The molecular formula is C22H23N3O. The predicted octanol–water partition coefficient (Wildman–Crippen LogP) is 4.70. The lowest BCUT2D eigenvalue weighted by Crippen LogP contribution is -2.38. The Morgan fingerprint density at radius 1 is 0.923 bits per heavy atom. The summed E-state index contributed by atoms with van der Waals surface area (Å²) in [6.07, 6.45) is 5.83. The summed E-state index contributed by atoms with van der Waals surface area (Å²) in [5.41, 5.74) is 3.01. The molecule has 0 atom stereocenters. The van der Waals surface area contributed by atoms with Gasteiger partial charge in [-0.15, -0.1) is 10.2 Å². The van der Waals surface area contributed by atoms with Crippen molar-refractivity contribution in [2.24, 2.45) is 0 Å². The van der Waals surface area contributed by atoms with Crippen LogP contribution in [-0.4, -0.2) is 34.1 Å². The van der Waals surface area contributed by atoms with Gasteiger partial charge in [0.1, 0.15) is 5.69 Å². The summed E-state index contributed by atoms with van der Waals surface area (Å²) in [5, 5.41) is 9.65. The maximum atomic E-state index is 13.5. The van der Waals surface area contributed by atoms with Gasteiger partial charge >= 0.3 is 0 Å². The van der Waals surface area contributed by atoms with Gasteiger partial charge in [0, 0.05) is 24.0 Å². The lowest BCUT2D eigenvalue weighted by Gasteiger charge is -2.31. The highest BCUT2D eigenvalue weighted by molar-refractivity contribution is 6.10. The van der Waals surface area contributed by atoms with Gasteiger partial charge in [-0.1, -0.05) is 67.8 Å². The molecule has 132 valence electrons. The van der Waals surface area contributed by atoms with Crippen molar-refractivity contribution in [3.8, 4) is 11.3 Å². The van der Waals surface area contributed by atoms with Crippen LogP contribution < -0.4 is 0 Å². The van der Waals surface area contributed by atoms with Gasteiger partial charge < -0.3 is 4.90 Å². The van der Waals surface area contributed by atoms with E-state index in [1.807, 2.05) is 66.5 Å². The lowest BCUT2D eigenvalue weighted by molar-refractivity contribution is 0.0698. The fraction of sp³-hybridized carbons (Fsp3) is 0.318. The molecule has 0 N–H and O–H groups in total. The molecule has 1 heterocycles. The molecule has 1 fully saturated rings. The van der Waals surface area contributed by atoms with Crippen LogP contribution in [0.2, 0.25) is 0 Å². The van der Waals surface area contributed by atoms with Crippen molar-refractivity contribution >= 4 is 16.8 Å². The minimum absolute atomic E-state index is 0.0434. The molecule has 1 amide bonds. The van der Waals surface area contributed by atoms with E-state index in [2.05, 4.69) is 10.2 Å². The molecule has 1 aliphatic carbocycles. The fourth-order valence-electron chi connectivity index (χ4n) is 3.88. The van der Waals surface area contributed by atoms with E-state index in [4.69, 9.17) is 0 Å². The quantitative estimate of drug-likeness (QED) is 0.691. The molecule has 1 saturated carbocycles. The van der Waals surface area contributed by atoms with Crippen LogP contribution in [0.25, 0.3) is 22.2 Å². The van der Waals surface area contributed by atoms with Gasteiger partial charge in [-0.25, -0.2) is 0 Å². The van der Waals surface area contributed by atoms with E-state index in [9.17, 15) is 4.79 Å². The minimum atomic E-state index is 0.0434. The van der Waals surface area contributed by atoms with Crippen LogP contribution in [0.5, 0.6) is 0 Å². The lowest BCUT2D eigenvalue weighted by atomic mass is 9.93. The van der Waals surface area contributed by atoms with E-state index in [1.165, 1.54) is 19.3 Å². The van der Waals surface area contributed by atoms with E-state index in [0.717, 1.165) is 29.3 Å². The highest BCUT2D eigenvalue weighted by Crippen LogP contribution is 2.30. The molecule has 0 bridgehead atoms. The second kappa shape index (κ2) is 7.24. The molecule has 0 saturated heterocycles. The summed E-state index contributed by atoms with van der Waals surface area (Å²) in [7, 11) is 1.93. The zero-order chi connectivity index (χ0) is 17.9. The van der Waals surface area contributed by atoms with Crippen LogP contribution in [0.1, 0.15) is 42.5 Å². The van der Waals surface area contributed by atoms with Crippen LogP contribution in [0, 0.1) is 0 Å². The summed E-state index contributed by atoms with van der Waals surface area (Å²) in [6.45, 7) is 0. The highest BCUT2D eigenvalue weighted by atomic mass is 16.2. The number of carbonyl (C=O) groups excluding carboxylic acids is 1. The monoisotopic (exact) mass is 345 g/mol. The van der Waals surface area contributed by atoms with Crippen molar-refractivity contribution in [1.82, 2.24) is 15.1 Å². The number of aromatic nitrogens is 2. The average molecular weight is 345 g/mol. The van der Waals surface area contributed by atoms with Crippen molar-refractivity contribution in [2.45, 2.75) is 38.1 Å². The second-order valence-corrected chi connectivity index (χ2v) is 7.01. The number of amides is 1. The SMILES string of the molecule is CN(C(=O)c1c(-c2ccccc2)nnc2ccccc12)C1CCCCC1. The standard InChI is InChI=1S/C22H23N3O/c1-25(17-12-6-3-7-13-17)22(26)20-18-14-8-9-15-19(18)23-24-21(20)16-10-4-2-5-11-16/h2,4-5,8-11,14-15,17H,3,6-7,12-13H2,1H3. The van der Waals surface area contributed by atoms with Gasteiger partial charge in [-0.05, 0) is 18.9 Å². The Morgan fingerprint density at radius 3 is 2.38 bits per heavy atom. The summed E-state index contributed by atoms with van der Waals surface area (Å²) >= 11 is 0. The smallest absolute Gasteiger partial charge is 0.256 e. The van der Waals surface area contributed by atoms with Crippen LogP contribution >= 0.6 is 0 Å². The molecule has 4 nitrogen and oxygen atoms in total. The Labute approximate surface area is 153 Å². The van der Waals surface area contributed by atoms with E-state index in [1.54, 1.807) is 0 Å². The average Bonchev–Trinajstić information content (AvgIpc) is 2.73. The molecule has 4 heteroatoms. The molecule has 0 spiro atoms. The van der Waals surface area contributed by atoms with Crippen molar-refractivity contribution in [1.29, 1.82) is 0 Å². The maximum Gasteiger partial charge on any atom is 0.256 e. The molecule has 1 aliphatic rings. The van der Waals surface area contributed by atoms with E-state index in [-0.39, 0.29) is 5.91 Å². The third-order valence-electron chi connectivity index (χ3n) is 5.37. The number of benzene rings is 2. The second-order valence-electron chi connectivity index (χ2n) is 7.01. The van der Waals surface area contributed by atoms with Crippen LogP contribution in [0.3, 0.4) is 0 Å². The first-order valence-electron chi connectivity index (χ1n) is 9.33. The Hall–Kier alpha value is -2.75. The number of rotatable bonds is 3. The van der Waals surface area contributed by atoms with Gasteiger partial charge in [-0.2, -0.15) is 0 Å². The van der Waals surface area contributed by atoms with Crippen molar-refractivity contribution in [3.05, 3.63) is 60.2 Å². The number of fused-ring (bicyclic) bond motifs is 1. The normalized spacial score (nSPS) is 15.1. The molecule has 0 unspecified atom stereocenters. The summed E-state index contributed by atoms with van der Waals surface area (Å²) in [4.78, 5) is 15.4. The van der Waals surface area contributed by atoms with Crippen LogP contribution in [-0.2, 0) is 0 Å². The largest absolute Gasteiger partial charge is 0.339 e. The van der Waals surface area contributed by atoms with Crippen molar-refractivity contribution in [3.63, 3.8) is 0 Å². The highest BCUT2D eigenvalue weighted by Gasteiger charge is 2.27. The van der Waals surface area contributed by atoms with Gasteiger partial charge in [0.25, 0.3) is 5.91 Å². The molecule has 0 radical (unpaired) electrons. The molecular weight excluding hydrogens is 322 g/mol. The van der Waals surface area contributed by atoms with Gasteiger partial charge in [0.15, 0.2) is 0 Å². The predicted molar refractivity (Wildman–Crippen MR) is 104 cm³/mol. The van der Waals surface area contributed by atoms with Crippen molar-refractivity contribution in [2.75, 3.05) is 7.05 Å². The number of carbonyl (C=O) groups is 1. The van der Waals surface area contributed by atoms with Gasteiger partial charge in [0.05, 0.1) is 11.1 Å². The van der Waals surface area contributed by atoms with Gasteiger partial charge in [0.2, 0.25) is 0 Å². The summed E-state index contributed by atoms with van der Waals surface area (Å²) in [6, 6.07) is 17.9. The van der Waals surface area contributed by atoms with Crippen molar-refractivity contribution < 1.29 is 4.79 Å². The Kier molecular flexibility index (Phi) is 4.65. The molecule has 2 aromatic carbocycles. The third-order valence-corrected chi connectivity index (χ3v) is 5.37. The maximum absolute atomic E-state index is 13.5. The molecule has 1 aromatic heterocycles. The first kappa shape index (κ1) is 16.7. The summed E-state index contributed by atoms with van der Waals surface area (Å²) in [5.74, 6) is 0.0434. The zero-order valence-electron chi connectivity index (χ0n) is 15.1. The van der Waals surface area contributed by atoms with E-state index >= 15 is 0 Å². The fourth-order valence-corrected chi connectivity index (χ4v) is 3.88. The van der Waals surface area contributed by atoms with Gasteiger partial charge in [-0.3, -0.25) is 4.79 Å². The number of hydrogen-bond donors (Lipinski definition) is 0. The minimum Gasteiger partial charge on any atom is -0.339 e. The summed E-state index contributed by atoms with van der Waals surface area (Å²) < 4.78 is 0. The number of nitrogens with zero attached hydrogens (tertiary/aromatic N) is 3. The molecule has 0 aliphatic heterocycles. The van der Waals surface area contributed by atoms with Crippen LogP contribution in [0.4, 0.5) is 0 Å². The van der Waals surface area contributed by atoms with Crippen LogP contribution in [0.15, 0.2) is 54.6 Å². The molecule has 3 aromatic rings. The zero-order valence-corrected chi connectivity index (χ0v) is 15.1. The molecule has 4 rings (SSSR count). The Bertz CT molecular complexity index is 917. The number of hydrogen-bond acceptors (Lipinski definition) is 3. The molecule has 26 heavy (non-hydrogen) atoms. The van der Waals surface area contributed by atoms with E-state index < -0.39 is 0 Å².